The van der Waals surface area contributed by atoms with Gasteiger partial charge in [0.25, 0.3) is 5.91 Å². The zero-order valence-corrected chi connectivity index (χ0v) is 14.1. The first-order chi connectivity index (χ1) is 11.4. The van der Waals surface area contributed by atoms with Crippen molar-refractivity contribution in [3.8, 4) is 0 Å². The molecule has 0 atom stereocenters. The molecule has 2 N–H and O–H groups in total. The second kappa shape index (κ2) is 6.32. The molecule has 0 aliphatic heterocycles. The second-order valence-corrected chi connectivity index (χ2v) is 6.82. The van der Waals surface area contributed by atoms with E-state index >= 15 is 0 Å². The fraction of sp³-hybridized carbons (Fsp3) is 0.200. The molecule has 0 fully saturated rings. The zero-order valence-electron chi connectivity index (χ0n) is 14.1. The van der Waals surface area contributed by atoms with Crippen LogP contribution in [-0.4, -0.2) is 17.1 Å². The number of hydrazone groups is 1. The van der Waals surface area contributed by atoms with Gasteiger partial charge in [0.2, 0.25) is 0 Å². The first-order valence-electron chi connectivity index (χ1n) is 7.95. The van der Waals surface area contributed by atoms with Crippen molar-refractivity contribution in [3.05, 3.63) is 71.4 Å². The number of nitrogens with zero attached hydrogens (tertiary/aromatic N) is 1. The minimum Gasteiger partial charge on any atom is -0.360 e. The number of aromatic nitrogens is 1. The highest BCUT2D eigenvalue weighted by atomic mass is 16.2. The van der Waals surface area contributed by atoms with Crippen LogP contribution in [-0.2, 0) is 5.41 Å². The van der Waals surface area contributed by atoms with E-state index < -0.39 is 0 Å². The van der Waals surface area contributed by atoms with E-state index in [2.05, 4.69) is 48.4 Å². The SMILES string of the molecule is CC(C)(C)c1ccc(C=NNC(=O)c2c[nH]c3ccccc23)cc1. The van der Waals surface area contributed by atoms with Gasteiger partial charge in [0.1, 0.15) is 0 Å². The minimum absolute atomic E-state index is 0.124. The molecule has 0 unspecified atom stereocenters. The lowest BCUT2D eigenvalue weighted by atomic mass is 9.87. The van der Waals surface area contributed by atoms with Crippen LogP contribution >= 0.6 is 0 Å². The Hall–Kier alpha value is -2.88. The highest BCUT2D eigenvalue weighted by Gasteiger charge is 2.13. The smallest absolute Gasteiger partial charge is 0.273 e. The third-order valence-electron chi connectivity index (χ3n) is 3.99. The Bertz CT molecular complexity index is 883. The topological polar surface area (TPSA) is 57.2 Å². The Morgan fingerprint density at radius 3 is 2.50 bits per heavy atom. The lowest BCUT2D eigenvalue weighted by molar-refractivity contribution is 0.0957. The Kier molecular flexibility index (Phi) is 4.21. The molecule has 0 saturated heterocycles. The molecular formula is C20H21N3O. The van der Waals surface area contributed by atoms with Gasteiger partial charge in [0.05, 0.1) is 11.8 Å². The van der Waals surface area contributed by atoms with E-state index in [0.717, 1.165) is 16.5 Å². The number of hydrogen-bond acceptors (Lipinski definition) is 2. The van der Waals surface area contributed by atoms with Crippen molar-refractivity contribution in [2.45, 2.75) is 26.2 Å². The molecule has 1 heterocycles. The van der Waals surface area contributed by atoms with E-state index in [1.807, 2.05) is 36.4 Å². The number of hydrogen-bond donors (Lipinski definition) is 2. The van der Waals surface area contributed by atoms with Crippen LogP contribution in [0, 0.1) is 0 Å². The summed E-state index contributed by atoms with van der Waals surface area (Å²) in [5.41, 5.74) is 6.44. The maximum absolute atomic E-state index is 12.3. The van der Waals surface area contributed by atoms with Crippen LogP contribution in [0.3, 0.4) is 0 Å². The van der Waals surface area contributed by atoms with Crippen molar-refractivity contribution in [1.29, 1.82) is 0 Å². The molecule has 0 radical (unpaired) electrons. The van der Waals surface area contributed by atoms with E-state index in [4.69, 9.17) is 0 Å². The molecule has 0 spiro atoms. The van der Waals surface area contributed by atoms with Crippen molar-refractivity contribution < 1.29 is 4.79 Å². The lowest BCUT2D eigenvalue weighted by Crippen LogP contribution is -2.17. The van der Waals surface area contributed by atoms with E-state index in [9.17, 15) is 4.79 Å². The minimum atomic E-state index is -0.227. The molecule has 0 aliphatic carbocycles. The molecule has 122 valence electrons. The number of fused-ring (bicyclic) bond motifs is 1. The monoisotopic (exact) mass is 319 g/mol. The van der Waals surface area contributed by atoms with E-state index in [1.54, 1.807) is 12.4 Å². The number of carbonyl (C=O) groups is 1. The summed E-state index contributed by atoms with van der Waals surface area (Å²) >= 11 is 0. The number of amides is 1. The van der Waals surface area contributed by atoms with Gasteiger partial charge in [-0.15, -0.1) is 0 Å². The summed E-state index contributed by atoms with van der Waals surface area (Å²) in [6.45, 7) is 6.53. The summed E-state index contributed by atoms with van der Waals surface area (Å²) in [5, 5.41) is 4.95. The molecule has 2 aromatic carbocycles. The number of aromatic amines is 1. The first-order valence-corrected chi connectivity index (χ1v) is 7.95. The molecule has 0 saturated carbocycles. The normalized spacial score (nSPS) is 12.0. The Morgan fingerprint density at radius 2 is 1.79 bits per heavy atom. The van der Waals surface area contributed by atoms with Crippen LogP contribution in [0.1, 0.15) is 42.3 Å². The van der Waals surface area contributed by atoms with E-state index in [1.165, 1.54) is 5.56 Å². The summed E-state index contributed by atoms with van der Waals surface area (Å²) in [7, 11) is 0. The molecule has 0 bridgehead atoms. The van der Waals surface area contributed by atoms with Gasteiger partial charge in [0.15, 0.2) is 0 Å². The molecule has 4 heteroatoms. The van der Waals surface area contributed by atoms with Crippen molar-refractivity contribution in [1.82, 2.24) is 10.4 Å². The number of para-hydroxylation sites is 1. The molecular weight excluding hydrogens is 298 g/mol. The van der Waals surface area contributed by atoms with Crippen molar-refractivity contribution in [2.24, 2.45) is 5.10 Å². The maximum atomic E-state index is 12.3. The third kappa shape index (κ3) is 3.38. The van der Waals surface area contributed by atoms with Crippen molar-refractivity contribution in [3.63, 3.8) is 0 Å². The van der Waals surface area contributed by atoms with Crippen molar-refractivity contribution >= 4 is 23.0 Å². The van der Waals surface area contributed by atoms with Crippen LogP contribution in [0.2, 0.25) is 0 Å². The van der Waals surface area contributed by atoms with Gasteiger partial charge in [-0.25, -0.2) is 5.43 Å². The lowest BCUT2D eigenvalue weighted by Gasteiger charge is -2.18. The van der Waals surface area contributed by atoms with Gasteiger partial charge in [-0.1, -0.05) is 63.2 Å². The maximum Gasteiger partial charge on any atom is 0.273 e. The second-order valence-electron chi connectivity index (χ2n) is 6.82. The van der Waals surface area contributed by atoms with Gasteiger partial charge >= 0.3 is 0 Å². The Balaban J connectivity index is 1.69. The fourth-order valence-corrected chi connectivity index (χ4v) is 2.55. The number of rotatable bonds is 3. The average molecular weight is 319 g/mol. The van der Waals surface area contributed by atoms with Crippen LogP contribution in [0.5, 0.6) is 0 Å². The summed E-state index contributed by atoms with van der Waals surface area (Å²) in [4.78, 5) is 15.3. The molecule has 1 aromatic heterocycles. The predicted molar refractivity (Wildman–Crippen MR) is 98.5 cm³/mol. The first kappa shape index (κ1) is 16.0. The third-order valence-corrected chi connectivity index (χ3v) is 3.99. The number of carbonyl (C=O) groups excluding carboxylic acids is 1. The summed E-state index contributed by atoms with van der Waals surface area (Å²) in [6.07, 6.45) is 3.35. The van der Waals surface area contributed by atoms with Crippen LogP contribution in [0.4, 0.5) is 0 Å². The predicted octanol–water partition coefficient (Wildman–Crippen LogP) is 4.23. The van der Waals surface area contributed by atoms with Gasteiger partial charge in [0, 0.05) is 17.1 Å². The molecule has 1 amide bonds. The van der Waals surface area contributed by atoms with E-state index in [0.29, 0.717) is 5.56 Å². The quantitative estimate of drug-likeness (QED) is 0.551. The summed E-state index contributed by atoms with van der Waals surface area (Å²) in [5.74, 6) is -0.227. The zero-order chi connectivity index (χ0) is 17.2. The highest BCUT2D eigenvalue weighted by Crippen LogP contribution is 2.21. The highest BCUT2D eigenvalue weighted by molar-refractivity contribution is 6.06. The molecule has 3 rings (SSSR count). The largest absolute Gasteiger partial charge is 0.360 e. The van der Waals surface area contributed by atoms with Crippen molar-refractivity contribution in [2.75, 3.05) is 0 Å². The average Bonchev–Trinajstić information content (AvgIpc) is 2.98. The standard InChI is InChI=1S/C20H21N3O/c1-20(2,3)15-10-8-14(9-11-15)12-22-23-19(24)17-13-21-18-7-5-4-6-16(17)18/h4-13,21H,1-3H3,(H,23,24). The molecule has 3 aromatic rings. The van der Waals surface area contributed by atoms with Gasteiger partial charge in [-0.05, 0) is 22.6 Å². The molecule has 0 aliphatic rings. The van der Waals surface area contributed by atoms with E-state index in [-0.39, 0.29) is 11.3 Å². The Labute approximate surface area is 141 Å². The van der Waals surface area contributed by atoms with Gasteiger partial charge < -0.3 is 4.98 Å². The van der Waals surface area contributed by atoms with Crippen LogP contribution in [0.25, 0.3) is 10.9 Å². The number of nitrogens with one attached hydrogen (secondary N) is 2. The Morgan fingerprint density at radius 1 is 1.08 bits per heavy atom. The molecule has 24 heavy (non-hydrogen) atoms. The summed E-state index contributed by atoms with van der Waals surface area (Å²) in [6, 6.07) is 15.9. The number of benzene rings is 2. The number of H-pyrrole nitrogens is 1. The van der Waals surface area contributed by atoms with Gasteiger partial charge in [-0.3, -0.25) is 4.79 Å². The summed E-state index contributed by atoms with van der Waals surface area (Å²) < 4.78 is 0. The van der Waals surface area contributed by atoms with Gasteiger partial charge in [-0.2, -0.15) is 5.10 Å². The molecule has 4 nitrogen and oxygen atoms in total. The van der Waals surface area contributed by atoms with Crippen LogP contribution < -0.4 is 5.43 Å². The van der Waals surface area contributed by atoms with Crippen LogP contribution in [0.15, 0.2) is 59.8 Å². The fourth-order valence-electron chi connectivity index (χ4n) is 2.55.